The summed E-state index contributed by atoms with van der Waals surface area (Å²) in [5.74, 6) is -0.616. The van der Waals surface area contributed by atoms with E-state index in [1.807, 2.05) is 7.05 Å². The zero-order chi connectivity index (χ0) is 13.1. The number of ether oxygens (including phenoxy) is 1. The molecule has 18 heavy (non-hydrogen) atoms. The number of esters is 1. The number of hydrogen-bond acceptors (Lipinski definition) is 5. The van der Waals surface area contributed by atoms with Gasteiger partial charge in [-0.15, -0.1) is 0 Å². The number of nitrogens with zero attached hydrogens (tertiary/aromatic N) is 1. The third kappa shape index (κ3) is 2.92. The predicted molar refractivity (Wildman–Crippen MR) is 68.5 cm³/mol. The van der Waals surface area contributed by atoms with Gasteiger partial charge in [0, 0.05) is 24.8 Å². The molecule has 1 heterocycles. The van der Waals surface area contributed by atoms with Crippen LogP contribution in [-0.4, -0.2) is 42.2 Å². The van der Waals surface area contributed by atoms with E-state index in [0.717, 1.165) is 25.9 Å². The Bertz CT molecular complexity index is 440. The topological polar surface area (TPSA) is 75.8 Å². The van der Waals surface area contributed by atoms with Gasteiger partial charge >= 0.3 is 5.97 Å². The summed E-state index contributed by atoms with van der Waals surface area (Å²) in [4.78, 5) is 14.1. The van der Waals surface area contributed by atoms with Crippen LogP contribution >= 0.6 is 0 Å². The lowest BCUT2D eigenvalue weighted by Gasteiger charge is -2.28. The zero-order valence-electron chi connectivity index (χ0n) is 10.4. The molecule has 0 unspecified atom stereocenters. The first-order chi connectivity index (χ1) is 8.56. The number of phenols is 1. The molecule has 0 amide bonds. The Morgan fingerprint density at radius 1 is 1.44 bits per heavy atom. The summed E-state index contributed by atoms with van der Waals surface area (Å²) in [5, 5.41) is 9.64. The highest BCUT2D eigenvalue weighted by Crippen LogP contribution is 2.22. The summed E-state index contributed by atoms with van der Waals surface area (Å²) in [5.41, 5.74) is 6.10. The molecule has 5 nitrogen and oxygen atoms in total. The molecule has 0 radical (unpaired) electrons. The van der Waals surface area contributed by atoms with Crippen LogP contribution in [0.4, 0.5) is 5.69 Å². The van der Waals surface area contributed by atoms with Crippen molar-refractivity contribution in [1.82, 2.24) is 4.90 Å². The molecule has 2 rings (SSSR count). The van der Waals surface area contributed by atoms with Gasteiger partial charge < -0.3 is 20.5 Å². The van der Waals surface area contributed by atoms with Crippen molar-refractivity contribution < 1.29 is 14.6 Å². The number of likely N-dealkylation sites (tertiary alicyclic amines) is 1. The van der Waals surface area contributed by atoms with Gasteiger partial charge in [-0.3, -0.25) is 0 Å². The molecule has 1 aliphatic rings. The Morgan fingerprint density at radius 2 is 2.11 bits per heavy atom. The van der Waals surface area contributed by atoms with Gasteiger partial charge in [-0.05, 0) is 32.0 Å². The number of phenolic OH excluding ortho intramolecular Hbond substituents is 1. The van der Waals surface area contributed by atoms with Gasteiger partial charge in [0.1, 0.15) is 17.4 Å². The maximum absolute atomic E-state index is 11.9. The maximum Gasteiger partial charge on any atom is 0.342 e. The van der Waals surface area contributed by atoms with Gasteiger partial charge in [-0.25, -0.2) is 4.79 Å². The van der Waals surface area contributed by atoms with Crippen molar-refractivity contribution in [1.29, 1.82) is 0 Å². The number of hydrogen-bond donors (Lipinski definition) is 2. The van der Waals surface area contributed by atoms with Crippen molar-refractivity contribution in [3.63, 3.8) is 0 Å². The van der Waals surface area contributed by atoms with Gasteiger partial charge in [0.15, 0.2) is 0 Å². The quantitative estimate of drug-likeness (QED) is 0.610. The van der Waals surface area contributed by atoms with Gasteiger partial charge in [-0.1, -0.05) is 0 Å². The molecule has 0 spiro atoms. The number of carbonyl (C=O) groups is 1. The van der Waals surface area contributed by atoms with Crippen LogP contribution in [0.2, 0.25) is 0 Å². The number of benzene rings is 1. The summed E-state index contributed by atoms with van der Waals surface area (Å²) < 4.78 is 5.38. The highest BCUT2D eigenvalue weighted by molar-refractivity contribution is 5.93. The highest BCUT2D eigenvalue weighted by atomic mass is 16.5. The van der Waals surface area contributed by atoms with Crippen LogP contribution in [0, 0.1) is 0 Å². The Hall–Kier alpha value is -1.75. The van der Waals surface area contributed by atoms with Crippen LogP contribution in [0.3, 0.4) is 0 Å². The molecule has 1 fully saturated rings. The van der Waals surface area contributed by atoms with Crippen molar-refractivity contribution in [3.8, 4) is 5.75 Å². The number of piperidine rings is 1. The molecule has 3 N–H and O–H groups in total. The van der Waals surface area contributed by atoms with Gasteiger partial charge in [0.05, 0.1) is 0 Å². The Morgan fingerprint density at radius 3 is 2.72 bits per heavy atom. The smallest absolute Gasteiger partial charge is 0.342 e. The largest absolute Gasteiger partial charge is 0.507 e. The van der Waals surface area contributed by atoms with Crippen LogP contribution in [0.5, 0.6) is 5.75 Å². The van der Waals surface area contributed by atoms with Crippen molar-refractivity contribution in [3.05, 3.63) is 23.8 Å². The van der Waals surface area contributed by atoms with E-state index >= 15 is 0 Å². The Kier molecular flexibility index (Phi) is 3.72. The SMILES string of the molecule is CN1CCC(OC(=O)c2ccc(N)cc2O)CC1. The summed E-state index contributed by atoms with van der Waals surface area (Å²) in [6.45, 7) is 1.84. The minimum atomic E-state index is -0.484. The van der Waals surface area contributed by atoms with Gasteiger partial charge in [0.2, 0.25) is 0 Å². The minimum absolute atomic E-state index is 0.0642. The summed E-state index contributed by atoms with van der Waals surface area (Å²) in [6, 6.07) is 4.41. The summed E-state index contributed by atoms with van der Waals surface area (Å²) in [7, 11) is 2.05. The first-order valence-corrected chi connectivity index (χ1v) is 6.04. The molecule has 5 heteroatoms. The van der Waals surface area contributed by atoms with E-state index in [9.17, 15) is 9.90 Å². The molecule has 0 bridgehead atoms. The van der Waals surface area contributed by atoms with Gasteiger partial charge in [-0.2, -0.15) is 0 Å². The average Bonchev–Trinajstić information content (AvgIpc) is 2.32. The molecular weight excluding hydrogens is 232 g/mol. The standard InChI is InChI=1S/C13H18N2O3/c1-15-6-4-10(5-7-15)18-13(17)11-3-2-9(14)8-12(11)16/h2-3,8,10,16H,4-7,14H2,1H3. The average molecular weight is 250 g/mol. The van der Waals surface area contributed by atoms with Crippen molar-refractivity contribution >= 4 is 11.7 Å². The molecule has 1 aromatic carbocycles. The van der Waals surface area contributed by atoms with Crippen LogP contribution < -0.4 is 5.73 Å². The van der Waals surface area contributed by atoms with Crippen LogP contribution in [0.25, 0.3) is 0 Å². The van der Waals surface area contributed by atoms with E-state index in [1.54, 1.807) is 6.07 Å². The van der Waals surface area contributed by atoms with Crippen molar-refractivity contribution in [2.75, 3.05) is 25.9 Å². The molecule has 0 aromatic heterocycles. The maximum atomic E-state index is 11.9. The molecule has 1 saturated heterocycles. The second kappa shape index (κ2) is 5.27. The summed E-state index contributed by atoms with van der Waals surface area (Å²) in [6.07, 6.45) is 1.60. The number of rotatable bonds is 2. The Balaban J connectivity index is 1.99. The van der Waals surface area contributed by atoms with Crippen LogP contribution in [-0.2, 0) is 4.74 Å². The number of anilines is 1. The monoisotopic (exact) mass is 250 g/mol. The number of carbonyl (C=O) groups excluding carboxylic acids is 1. The van der Waals surface area contributed by atoms with Crippen LogP contribution in [0.15, 0.2) is 18.2 Å². The van der Waals surface area contributed by atoms with E-state index in [0.29, 0.717) is 5.69 Å². The first-order valence-electron chi connectivity index (χ1n) is 6.04. The third-order valence-electron chi connectivity index (χ3n) is 3.18. The lowest BCUT2D eigenvalue weighted by molar-refractivity contribution is 0.0137. The first kappa shape index (κ1) is 12.7. The van der Waals surface area contributed by atoms with E-state index in [1.165, 1.54) is 12.1 Å². The molecule has 1 aliphatic heterocycles. The molecular formula is C13H18N2O3. The number of nitrogens with two attached hydrogens (primary N) is 1. The van der Waals surface area contributed by atoms with Crippen LogP contribution in [0.1, 0.15) is 23.2 Å². The van der Waals surface area contributed by atoms with E-state index in [-0.39, 0.29) is 17.4 Å². The highest BCUT2D eigenvalue weighted by Gasteiger charge is 2.22. The third-order valence-corrected chi connectivity index (χ3v) is 3.18. The number of aromatic hydroxyl groups is 1. The second-order valence-corrected chi connectivity index (χ2v) is 4.68. The Labute approximate surface area is 106 Å². The fourth-order valence-corrected chi connectivity index (χ4v) is 2.04. The summed E-state index contributed by atoms with van der Waals surface area (Å²) >= 11 is 0. The molecule has 98 valence electrons. The van der Waals surface area contributed by atoms with E-state index in [4.69, 9.17) is 10.5 Å². The van der Waals surface area contributed by atoms with E-state index < -0.39 is 5.97 Å². The molecule has 1 aromatic rings. The normalized spacial score (nSPS) is 17.6. The lowest BCUT2D eigenvalue weighted by atomic mass is 10.1. The fourth-order valence-electron chi connectivity index (χ4n) is 2.04. The fraction of sp³-hybridized carbons (Fsp3) is 0.462. The zero-order valence-corrected chi connectivity index (χ0v) is 10.4. The number of nitrogen functional groups attached to an aromatic ring is 1. The van der Waals surface area contributed by atoms with Gasteiger partial charge in [0.25, 0.3) is 0 Å². The lowest BCUT2D eigenvalue weighted by Crippen LogP contribution is -2.35. The molecule has 0 atom stereocenters. The second-order valence-electron chi connectivity index (χ2n) is 4.68. The predicted octanol–water partition coefficient (Wildman–Crippen LogP) is 1.23. The van der Waals surface area contributed by atoms with Crippen molar-refractivity contribution in [2.45, 2.75) is 18.9 Å². The van der Waals surface area contributed by atoms with Crippen molar-refractivity contribution in [2.24, 2.45) is 0 Å². The van der Waals surface area contributed by atoms with E-state index in [2.05, 4.69) is 4.90 Å². The minimum Gasteiger partial charge on any atom is -0.507 e. The molecule has 0 saturated carbocycles. The molecule has 0 aliphatic carbocycles.